The number of pyridine rings is 1. The molecule has 0 aliphatic rings. The van der Waals surface area contributed by atoms with Crippen molar-refractivity contribution in [2.45, 2.75) is 13.8 Å². The van der Waals surface area contributed by atoms with Crippen molar-refractivity contribution in [3.63, 3.8) is 0 Å². The maximum atomic E-state index is 4.36. The lowest BCUT2D eigenvalue weighted by molar-refractivity contribution is 0.983. The van der Waals surface area contributed by atoms with Crippen LogP contribution in [0.25, 0.3) is 22.6 Å². The zero-order valence-electron chi connectivity index (χ0n) is 11.3. The largest absolute Gasteiger partial charge is 0.261 e. The summed E-state index contributed by atoms with van der Waals surface area (Å²) in [5.74, 6) is 0.654. The molecule has 98 valence electrons. The summed E-state index contributed by atoms with van der Waals surface area (Å²) in [6.45, 7) is 3.85. The van der Waals surface area contributed by atoms with Crippen LogP contribution in [0, 0.1) is 13.8 Å². The lowest BCUT2D eigenvalue weighted by Gasteiger charge is -2.02. The van der Waals surface area contributed by atoms with Crippen LogP contribution in [0.15, 0.2) is 42.9 Å². The first kappa shape index (κ1) is 12.3. The predicted octanol–water partition coefficient (Wildman–Crippen LogP) is 2.61. The fourth-order valence-corrected chi connectivity index (χ4v) is 1.76. The van der Waals surface area contributed by atoms with E-state index in [1.807, 2.05) is 38.1 Å². The Hall–Kier alpha value is -2.69. The summed E-state index contributed by atoms with van der Waals surface area (Å²) in [6.07, 6.45) is 5.28. The Labute approximate surface area is 116 Å². The first-order valence-corrected chi connectivity index (χ1v) is 6.28. The van der Waals surface area contributed by atoms with E-state index in [9.17, 15) is 0 Å². The van der Waals surface area contributed by atoms with Crippen LogP contribution in [0.1, 0.15) is 11.4 Å². The smallest absolute Gasteiger partial charge is 0.160 e. The van der Waals surface area contributed by atoms with Gasteiger partial charge in [-0.1, -0.05) is 0 Å². The average molecular weight is 263 g/mol. The minimum Gasteiger partial charge on any atom is -0.261 e. The summed E-state index contributed by atoms with van der Waals surface area (Å²) in [5, 5.41) is 8.15. The maximum Gasteiger partial charge on any atom is 0.160 e. The van der Waals surface area contributed by atoms with Gasteiger partial charge in [-0.25, -0.2) is 9.97 Å². The van der Waals surface area contributed by atoms with E-state index in [-0.39, 0.29) is 0 Å². The highest BCUT2D eigenvalue weighted by molar-refractivity contribution is 5.59. The van der Waals surface area contributed by atoms with Gasteiger partial charge in [0.2, 0.25) is 0 Å². The first-order chi connectivity index (χ1) is 9.72. The molecule has 0 aliphatic heterocycles. The Bertz CT molecular complexity index is 638. The second-order valence-corrected chi connectivity index (χ2v) is 4.54. The van der Waals surface area contributed by atoms with Crippen LogP contribution in [0.4, 0.5) is 0 Å². The van der Waals surface area contributed by atoms with Gasteiger partial charge in [0.1, 0.15) is 0 Å². The fraction of sp³-hybridized carbons (Fsp3) is 0.133. The number of rotatable bonds is 2. The Balaban J connectivity index is 1.91. The van der Waals surface area contributed by atoms with E-state index in [1.54, 1.807) is 18.6 Å². The summed E-state index contributed by atoms with van der Waals surface area (Å²) >= 11 is 0. The van der Waals surface area contributed by atoms with Crippen LogP contribution in [-0.4, -0.2) is 25.1 Å². The third-order valence-electron chi connectivity index (χ3n) is 2.92. The molecule has 0 fully saturated rings. The molecule has 20 heavy (non-hydrogen) atoms. The molecule has 5 heteroatoms. The van der Waals surface area contributed by atoms with Crippen molar-refractivity contribution < 1.29 is 0 Å². The van der Waals surface area contributed by atoms with Gasteiger partial charge in [0.25, 0.3) is 0 Å². The summed E-state index contributed by atoms with van der Waals surface area (Å²) in [4.78, 5) is 13.0. The normalized spacial score (nSPS) is 10.5. The highest BCUT2D eigenvalue weighted by Gasteiger charge is 2.04. The Morgan fingerprint density at radius 2 is 1.35 bits per heavy atom. The third kappa shape index (κ3) is 2.51. The van der Waals surface area contributed by atoms with Gasteiger partial charge >= 0.3 is 0 Å². The third-order valence-corrected chi connectivity index (χ3v) is 2.92. The van der Waals surface area contributed by atoms with Gasteiger partial charge < -0.3 is 0 Å². The molecule has 0 amide bonds. The SMILES string of the molecule is Cc1ccc(-c2ncc(-c3ccc(C)nn3)cn2)cn1. The minimum atomic E-state index is 0.654. The van der Waals surface area contributed by atoms with Gasteiger partial charge in [0.15, 0.2) is 5.82 Å². The molecule has 0 N–H and O–H groups in total. The van der Waals surface area contributed by atoms with E-state index < -0.39 is 0 Å². The summed E-state index contributed by atoms with van der Waals surface area (Å²) in [6, 6.07) is 7.73. The van der Waals surface area contributed by atoms with Gasteiger partial charge in [-0.05, 0) is 38.1 Å². The van der Waals surface area contributed by atoms with Crippen molar-refractivity contribution >= 4 is 0 Å². The molecule has 0 radical (unpaired) electrons. The van der Waals surface area contributed by atoms with Crippen LogP contribution in [0.5, 0.6) is 0 Å². The fourth-order valence-electron chi connectivity index (χ4n) is 1.76. The van der Waals surface area contributed by atoms with Crippen LogP contribution in [0.2, 0.25) is 0 Å². The molecule has 0 spiro atoms. The Morgan fingerprint density at radius 1 is 0.650 bits per heavy atom. The second kappa shape index (κ2) is 5.13. The van der Waals surface area contributed by atoms with E-state index in [0.29, 0.717) is 5.82 Å². The number of hydrogen-bond acceptors (Lipinski definition) is 5. The molecular formula is C15H13N5. The molecule has 3 rings (SSSR count). The molecule has 0 bridgehead atoms. The molecule has 3 aromatic heterocycles. The molecule has 3 aromatic rings. The standard InChI is InChI=1S/C15H13N5/c1-10-3-5-12(7-16-10)15-17-8-13(9-18-15)14-6-4-11(2)19-20-14/h3-9H,1-2H3. The highest BCUT2D eigenvalue weighted by Crippen LogP contribution is 2.18. The molecule has 5 nitrogen and oxygen atoms in total. The zero-order chi connectivity index (χ0) is 13.9. The zero-order valence-corrected chi connectivity index (χ0v) is 11.3. The van der Waals surface area contributed by atoms with Crippen LogP contribution in [0.3, 0.4) is 0 Å². The number of aryl methyl sites for hydroxylation is 2. The van der Waals surface area contributed by atoms with E-state index in [1.165, 1.54) is 0 Å². The van der Waals surface area contributed by atoms with Crippen LogP contribution >= 0.6 is 0 Å². The molecule has 3 heterocycles. The summed E-state index contributed by atoms with van der Waals surface area (Å²) < 4.78 is 0. The number of nitrogens with zero attached hydrogens (tertiary/aromatic N) is 5. The number of hydrogen-bond donors (Lipinski definition) is 0. The molecule has 0 aliphatic carbocycles. The van der Waals surface area contributed by atoms with Crippen molar-refractivity contribution in [3.05, 3.63) is 54.2 Å². The predicted molar refractivity (Wildman–Crippen MR) is 75.8 cm³/mol. The maximum absolute atomic E-state index is 4.36. The average Bonchev–Trinajstić information content (AvgIpc) is 2.49. The molecule has 0 saturated heterocycles. The molecule has 0 unspecified atom stereocenters. The Kier molecular flexibility index (Phi) is 3.16. The van der Waals surface area contributed by atoms with E-state index in [4.69, 9.17) is 0 Å². The molecule has 0 atom stereocenters. The van der Waals surface area contributed by atoms with Crippen molar-refractivity contribution in [1.82, 2.24) is 25.1 Å². The molecule has 0 saturated carbocycles. The van der Waals surface area contributed by atoms with Gasteiger partial charge in [0.05, 0.1) is 11.4 Å². The Morgan fingerprint density at radius 3 is 1.95 bits per heavy atom. The quantitative estimate of drug-likeness (QED) is 0.711. The van der Waals surface area contributed by atoms with Crippen molar-refractivity contribution in [2.24, 2.45) is 0 Å². The minimum absolute atomic E-state index is 0.654. The summed E-state index contributed by atoms with van der Waals surface area (Å²) in [5.41, 5.74) is 4.37. The highest BCUT2D eigenvalue weighted by atomic mass is 15.1. The van der Waals surface area contributed by atoms with Gasteiger partial charge in [0, 0.05) is 35.4 Å². The van der Waals surface area contributed by atoms with Gasteiger partial charge in [-0.2, -0.15) is 10.2 Å². The second-order valence-electron chi connectivity index (χ2n) is 4.54. The van der Waals surface area contributed by atoms with Gasteiger partial charge in [-0.15, -0.1) is 0 Å². The van der Waals surface area contributed by atoms with Crippen molar-refractivity contribution in [1.29, 1.82) is 0 Å². The van der Waals surface area contributed by atoms with Crippen molar-refractivity contribution in [2.75, 3.05) is 0 Å². The van der Waals surface area contributed by atoms with Crippen LogP contribution < -0.4 is 0 Å². The van der Waals surface area contributed by atoms with E-state index >= 15 is 0 Å². The molecule has 0 aromatic carbocycles. The lowest BCUT2D eigenvalue weighted by Crippen LogP contribution is -1.94. The topological polar surface area (TPSA) is 64.5 Å². The van der Waals surface area contributed by atoms with Crippen LogP contribution in [-0.2, 0) is 0 Å². The van der Waals surface area contributed by atoms with E-state index in [0.717, 1.165) is 28.2 Å². The summed E-state index contributed by atoms with van der Waals surface area (Å²) in [7, 11) is 0. The monoisotopic (exact) mass is 263 g/mol. The molecular weight excluding hydrogens is 250 g/mol. The van der Waals surface area contributed by atoms with Gasteiger partial charge in [-0.3, -0.25) is 4.98 Å². The van der Waals surface area contributed by atoms with E-state index in [2.05, 4.69) is 25.1 Å². The van der Waals surface area contributed by atoms with Crippen molar-refractivity contribution in [3.8, 4) is 22.6 Å². The lowest BCUT2D eigenvalue weighted by atomic mass is 10.2. The first-order valence-electron chi connectivity index (χ1n) is 6.28. The number of aromatic nitrogens is 5.